The Hall–Kier alpha value is -1.81. The molecule has 0 bridgehead atoms. The molecule has 4 heteroatoms. The van der Waals surface area contributed by atoms with Gasteiger partial charge in [-0.15, -0.1) is 0 Å². The van der Waals surface area contributed by atoms with Crippen molar-refractivity contribution in [3.63, 3.8) is 0 Å². The van der Waals surface area contributed by atoms with Crippen LogP contribution in [0.1, 0.15) is 42.4 Å². The van der Waals surface area contributed by atoms with Crippen LogP contribution in [-0.2, 0) is 12.8 Å². The van der Waals surface area contributed by atoms with Gasteiger partial charge in [0.1, 0.15) is 11.6 Å². The molecule has 3 rings (SSSR count). The number of hydrogen-bond donors (Lipinski definition) is 1. The van der Waals surface area contributed by atoms with Gasteiger partial charge in [0.25, 0.3) is 0 Å². The molecule has 1 aromatic heterocycles. The van der Waals surface area contributed by atoms with Crippen LogP contribution in [0.3, 0.4) is 0 Å². The van der Waals surface area contributed by atoms with E-state index in [4.69, 9.17) is 4.74 Å². The summed E-state index contributed by atoms with van der Waals surface area (Å²) in [5.41, 5.74) is 2.77. The third-order valence-corrected chi connectivity index (χ3v) is 4.52. The minimum Gasteiger partial charge on any atom is -0.497 e. The van der Waals surface area contributed by atoms with Crippen LogP contribution in [0, 0.1) is 0 Å². The van der Waals surface area contributed by atoms with Gasteiger partial charge >= 0.3 is 0 Å². The smallest absolute Gasteiger partial charge is 0.119 e. The number of ether oxygens (including phenoxy) is 1. The lowest BCUT2D eigenvalue weighted by Crippen LogP contribution is -2.32. The third-order valence-electron chi connectivity index (χ3n) is 4.52. The summed E-state index contributed by atoms with van der Waals surface area (Å²) in [5, 5.41) is 3.50. The van der Waals surface area contributed by atoms with Gasteiger partial charge in [0.15, 0.2) is 0 Å². The van der Waals surface area contributed by atoms with Crippen LogP contribution in [0.2, 0.25) is 0 Å². The summed E-state index contributed by atoms with van der Waals surface area (Å²) in [6.07, 6.45) is 7.22. The van der Waals surface area contributed by atoms with Crippen LogP contribution in [-0.4, -0.2) is 23.7 Å². The molecule has 1 aliphatic rings. The molecule has 112 valence electrons. The van der Waals surface area contributed by atoms with Crippen molar-refractivity contribution in [3.8, 4) is 5.75 Å². The zero-order valence-corrected chi connectivity index (χ0v) is 13.0. The van der Waals surface area contributed by atoms with E-state index in [2.05, 4.69) is 46.2 Å². The van der Waals surface area contributed by atoms with Crippen molar-refractivity contribution >= 4 is 0 Å². The molecule has 1 aliphatic carbocycles. The van der Waals surface area contributed by atoms with Crippen molar-refractivity contribution in [2.45, 2.75) is 38.3 Å². The molecule has 0 radical (unpaired) electrons. The minimum atomic E-state index is 0.295. The van der Waals surface area contributed by atoms with E-state index in [9.17, 15) is 0 Å². The molecule has 1 aromatic carbocycles. The van der Waals surface area contributed by atoms with E-state index in [1.165, 1.54) is 11.1 Å². The highest BCUT2D eigenvalue weighted by Gasteiger charge is 2.30. The lowest BCUT2D eigenvalue weighted by molar-refractivity contribution is 0.324. The Labute approximate surface area is 126 Å². The molecule has 0 spiro atoms. The first-order chi connectivity index (χ1) is 10.3. The highest BCUT2D eigenvalue weighted by atomic mass is 16.5. The fourth-order valence-electron chi connectivity index (χ4n) is 3.46. The quantitative estimate of drug-likeness (QED) is 0.939. The van der Waals surface area contributed by atoms with Crippen molar-refractivity contribution < 1.29 is 4.74 Å². The number of nitrogens with zero attached hydrogens (tertiary/aromatic N) is 2. The standard InChI is InChI=1S/C17H23N3O/c1-4-16-19-9-10-20(16)15-8-6-12-5-7-13(21-3)11-14(12)17(15)18-2/h5,7,9-11,15,17-18H,4,6,8H2,1-3H3. The Kier molecular flexibility index (Phi) is 3.97. The number of likely N-dealkylation sites (N-methyl/N-ethyl adjacent to an activating group) is 1. The summed E-state index contributed by atoms with van der Waals surface area (Å²) >= 11 is 0. The zero-order valence-electron chi connectivity index (χ0n) is 13.0. The second-order valence-corrected chi connectivity index (χ2v) is 5.54. The van der Waals surface area contributed by atoms with E-state index >= 15 is 0 Å². The molecular weight excluding hydrogens is 262 g/mol. The van der Waals surface area contributed by atoms with Crippen molar-refractivity contribution in [2.75, 3.05) is 14.2 Å². The van der Waals surface area contributed by atoms with Gasteiger partial charge < -0.3 is 14.6 Å². The van der Waals surface area contributed by atoms with Gasteiger partial charge in [-0.1, -0.05) is 13.0 Å². The van der Waals surface area contributed by atoms with Crippen molar-refractivity contribution in [3.05, 3.63) is 47.5 Å². The number of methoxy groups -OCH3 is 1. The van der Waals surface area contributed by atoms with Gasteiger partial charge in [0.05, 0.1) is 19.2 Å². The van der Waals surface area contributed by atoms with E-state index in [-0.39, 0.29) is 0 Å². The Bertz CT molecular complexity index is 620. The molecule has 0 saturated carbocycles. The summed E-state index contributed by atoms with van der Waals surface area (Å²) in [6, 6.07) is 7.13. The Morgan fingerprint density at radius 1 is 1.43 bits per heavy atom. The monoisotopic (exact) mass is 285 g/mol. The maximum absolute atomic E-state index is 5.40. The normalized spacial score (nSPS) is 21.1. The number of aromatic nitrogens is 2. The number of benzene rings is 1. The maximum Gasteiger partial charge on any atom is 0.119 e. The molecule has 21 heavy (non-hydrogen) atoms. The molecule has 0 aliphatic heterocycles. The number of fused-ring (bicyclic) bond motifs is 1. The number of aryl methyl sites for hydroxylation is 2. The first-order valence-corrected chi connectivity index (χ1v) is 7.64. The van der Waals surface area contributed by atoms with Crippen LogP contribution in [0.25, 0.3) is 0 Å². The molecule has 0 saturated heterocycles. The molecule has 0 fully saturated rings. The summed E-state index contributed by atoms with van der Waals surface area (Å²) in [4.78, 5) is 4.48. The number of imidazole rings is 1. The molecule has 2 atom stereocenters. The number of rotatable bonds is 4. The highest BCUT2D eigenvalue weighted by Crippen LogP contribution is 2.39. The predicted molar refractivity (Wildman–Crippen MR) is 83.8 cm³/mol. The summed E-state index contributed by atoms with van der Waals surface area (Å²) in [5.74, 6) is 2.09. The van der Waals surface area contributed by atoms with E-state index in [1.807, 2.05) is 13.2 Å². The van der Waals surface area contributed by atoms with Gasteiger partial charge in [-0.2, -0.15) is 0 Å². The Morgan fingerprint density at radius 2 is 2.29 bits per heavy atom. The van der Waals surface area contributed by atoms with Crippen LogP contribution in [0.5, 0.6) is 5.75 Å². The summed E-state index contributed by atoms with van der Waals surface area (Å²) in [7, 11) is 3.76. The van der Waals surface area contributed by atoms with Crippen LogP contribution >= 0.6 is 0 Å². The Balaban J connectivity index is 2.01. The van der Waals surface area contributed by atoms with Gasteiger partial charge in [-0.25, -0.2) is 4.98 Å². The maximum atomic E-state index is 5.40. The number of hydrogen-bond acceptors (Lipinski definition) is 3. The molecule has 1 N–H and O–H groups in total. The van der Waals surface area contributed by atoms with E-state index in [1.54, 1.807) is 7.11 Å². The van der Waals surface area contributed by atoms with E-state index in [0.717, 1.165) is 30.8 Å². The predicted octanol–water partition coefficient (Wildman–Crippen LogP) is 2.90. The first kappa shape index (κ1) is 14.1. The van der Waals surface area contributed by atoms with Crippen molar-refractivity contribution in [1.29, 1.82) is 0 Å². The largest absolute Gasteiger partial charge is 0.497 e. The molecule has 4 nitrogen and oxygen atoms in total. The number of nitrogens with one attached hydrogen (secondary N) is 1. The third kappa shape index (κ3) is 2.44. The van der Waals surface area contributed by atoms with Gasteiger partial charge in [0.2, 0.25) is 0 Å². The molecule has 2 unspecified atom stereocenters. The van der Waals surface area contributed by atoms with Crippen molar-refractivity contribution in [2.24, 2.45) is 0 Å². The van der Waals surface area contributed by atoms with E-state index < -0.39 is 0 Å². The average molecular weight is 285 g/mol. The van der Waals surface area contributed by atoms with Crippen LogP contribution in [0.15, 0.2) is 30.6 Å². The molecule has 2 aromatic rings. The summed E-state index contributed by atoms with van der Waals surface area (Å²) < 4.78 is 7.73. The highest BCUT2D eigenvalue weighted by molar-refractivity contribution is 5.40. The molecule has 0 amide bonds. The topological polar surface area (TPSA) is 39.1 Å². The first-order valence-electron chi connectivity index (χ1n) is 7.64. The fourth-order valence-corrected chi connectivity index (χ4v) is 3.46. The van der Waals surface area contributed by atoms with E-state index in [0.29, 0.717) is 12.1 Å². The second-order valence-electron chi connectivity index (χ2n) is 5.54. The van der Waals surface area contributed by atoms with Gasteiger partial charge in [-0.3, -0.25) is 0 Å². The zero-order chi connectivity index (χ0) is 14.8. The fraction of sp³-hybridized carbons (Fsp3) is 0.471. The average Bonchev–Trinajstić information content (AvgIpc) is 3.01. The van der Waals surface area contributed by atoms with Crippen molar-refractivity contribution in [1.82, 2.24) is 14.9 Å². The van der Waals surface area contributed by atoms with Gasteiger partial charge in [0, 0.05) is 18.8 Å². The van der Waals surface area contributed by atoms with Gasteiger partial charge in [-0.05, 0) is 43.1 Å². The summed E-state index contributed by atoms with van der Waals surface area (Å²) in [6.45, 7) is 2.16. The SMILES string of the molecule is CCc1nccn1C1CCc2ccc(OC)cc2C1NC. The Morgan fingerprint density at radius 3 is 3.00 bits per heavy atom. The lowest BCUT2D eigenvalue weighted by atomic mass is 9.83. The van der Waals surface area contributed by atoms with Crippen LogP contribution in [0.4, 0.5) is 0 Å². The molecular formula is C17H23N3O. The second kappa shape index (κ2) is 5.90. The van der Waals surface area contributed by atoms with Crippen LogP contribution < -0.4 is 10.1 Å². The lowest BCUT2D eigenvalue weighted by Gasteiger charge is -2.35. The minimum absolute atomic E-state index is 0.295. The molecule has 1 heterocycles.